The van der Waals surface area contributed by atoms with Crippen LogP contribution in [-0.2, 0) is 0 Å². The average molecular weight is 412 g/mol. The molecule has 0 radical (unpaired) electrons. The van der Waals surface area contributed by atoms with Gasteiger partial charge in [-0.05, 0) is 18.6 Å². The third-order valence-electron chi connectivity index (χ3n) is 3.71. The van der Waals surface area contributed by atoms with Crippen molar-refractivity contribution in [2.24, 2.45) is 0 Å². The molecule has 0 spiro atoms. The Balaban J connectivity index is 1.65. The zero-order chi connectivity index (χ0) is 19.9. The summed E-state index contributed by atoms with van der Waals surface area (Å²) in [7, 11) is 0. The summed E-state index contributed by atoms with van der Waals surface area (Å²) in [5.41, 5.74) is 0.934. The molecular weight excluding hydrogens is 394 g/mol. The van der Waals surface area contributed by atoms with Gasteiger partial charge in [-0.15, -0.1) is 10.2 Å². The van der Waals surface area contributed by atoms with Crippen molar-refractivity contribution in [1.29, 1.82) is 0 Å². The molecule has 0 aliphatic heterocycles. The number of carbonyl (C=O) groups excluding carboxylic acids is 3. The van der Waals surface area contributed by atoms with Gasteiger partial charge in [-0.1, -0.05) is 72.5 Å². The van der Waals surface area contributed by atoms with E-state index < -0.39 is 11.6 Å². The molecule has 0 saturated heterocycles. The quantitative estimate of drug-likeness (QED) is 0.256. The van der Waals surface area contributed by atoms with Gasteiger partial charge in [-0.2, -0.15) is 0 Å². The van der Waals surface area contributed by atoms with Gasteiger partial charge in [0.05, 0.1) is 0 Å². The summed E-state index contributed by atoms with van der Waals surface area (Å²) >= 11 is 2.91. The van der Waals surface area contributed by atoms with Crippen molar-refractivity contribution in [3.8, 4) is 0 Å². The molecule has 0 fully saturated rings. The molecule has 142 valence electrons. The molecule has 0 bridgehead atoms. The van der Waals surface area contributed by atoms with Gasteiger partial charge in [0, 0.05) is 22.4 Å². The Morgan fingerprint density at radius 1 is 0.893 bits per heavy atom. The highest BCUT2D eigenvalue weighted by Gasteiger charge is 2.18. The summed E-state index contributed by atoms with van der Waals surface area (Å²) in [5, 5.41) is 11.1. The zero-order valence-electron chi connectivity index (χ0n) is 15.0. The second kappa shape index (κ2) is 9.38. The normalized spacial score (nSPS) is 10.5. The van der Waals surface area contributed by atoms with Crippen molar-refractivity contribution in [2.45, 2.75) is 17.7 Å². The van der Waals surface area contributed by atoms with Crippen LogP contribution in [-0.4, -0.2) is 33.4 Å². The van der Waals surface area contributed by atoms with E-state index in [1.54, 1.807) is 42.1 Å². The van der Waals surface area contributed by atoms with Gasteiger partial charge in [0.2, 0.25) is 16.7 Å². The van der Waals surface area contributed by atoms with Crippen LogP contribution in [0.3, 0.4) is 0 Å². The van der Waals surface area contributed by atoms with E-state index in [0.29, 0.717) is 16.3 Å². The second-order valence-corrected chi connectivity index (χ2v) is 8.10. The monoisotopic (exact) mass is 411 g/mol. The Bertz CT molecular complexity index is 985. The topological polar surface area (TPSA) is 89.0 Å². The van der Waals surface area contributed by atoms with Gasteiger partial charge < -0.3 is 0 Å². The smallest absolute Gasteiger partial charge is 0.257 e. The van der Waals surface area contributed by atoms with Gasteiger partial charge in [-0.25, -0.2) is 0 Å². The molecule has 3 rings (SSSR count). The fourth-order valence-electron chi connectivity index (χ4n) is 2.30. The van der Waals surface area contributed by atoms with Gasteiger partial charge in [0.1, 0.15) is 0 Å². The van der Waals surface area contributed by atoms with Crippen molar-refractivity contribution in [2.75, 3.05) is 11.1 Å². The first kappa shape index (κ1) is 19.9. The Morgan fingerprint density at radius 3 is 2.14 bits per heavy atom. The minimum atomic E-state index is -0.611. The summed E-state index contributed by atoms with van der Waals surface area (Å²) in [5.74, 6) is -0.597. The number of hydrogen-bond donors (Lipinski definition) is 1. The Labute approximate surface area is 170 Å². The van der Waals surface area contributed by atoms with Gasteiger partial charge >= 0.3 is 0 Å². The molecular formula is C20H17N3O3S2. The number of Topliss-reactive ketones (excluding diaryl/α,β-unsaturated/α-hetero) is 2. The van der Waals surface area contributed by atoms with E-state index in [9.17, 15) is 14.4 Å². The first-order chi connectivity index (χ1) is 13.6. The van der Waals surface area contributed by atoms with E-state index in [1.165, 1.54) is 35.6 Å². The number of amides is 1. The third kappa shape index (κ3) is 4.90. The van der Waals surface area contributed by atoms with E-state index >= 15 is 0 Å². The molecule has 6 nitrogen and oxygen atoms in total. The molecule has 0 aliphatic carbocycles. The standard InChI is InChI=1S/C20H17N3O3S2/c1-2-12-27-20-23-22-19(28-20)21-18(26)15-10-8-14(9-11-15)17(25)16(24)13-6-4-3-5-7-13/h3-11H,2,12H2,1H3,(H,21,22,26). The van der Waals surface area contributed by atoms with Gasteiger partial charge in [0.25, 0.3) is 5.91 Å². The van der Waals surface area contributed by atoms with Crippen LogP contribution in [0.5, 0.6) is 0 Å². The maximum atomic E-state index is 12.3. The highest BCUT2D eigenvalue weighted by Crippen LogP contribution is 2.26. The molecule has 0 atom stereocenters. The van der Waals surface area contributed by atoms with Gasteiger partial charge in [0.15, 0.2) is 4.34 Å². The number of nitrogens with zero attached hydrogens (tertiary/aromatic N) is 2. The number of aromatic nitrogens is 2. The number of rotatable bonds is 8. The summed E-state index contributed by atoms with van der Waals surface area (Å²) in [6.45, 7) is 2.08. The Hall–Kier alpha value is -2.84. The number of anilines is 1. The number of ketones is 2. The summed E-state index contributed by atoms with van der Waals surface area (Å²) in [4.78, 5) is 36.9. The fourth-order valence-corrected chi connectivity index (χ4v) is 3.97. The average Bonchev–Trinajstić information content (AvgIpc) is 3.19. The lowest BCUT2D eigenvalue weighted by atomic mass is 10.0. The number of benzene rings is 2. The fraction of sp³-hybridized carbons (Fsp3) is 0.150. The van der Waals surface area contributed by atoms with Gasteiger partial charge in [-0.3, -0.25) is 19.7 Å². The molecule has 1 N–H and O–H groups in total. The highest BCUT2D eigenvalue weighted by molar-refractivity contribution is 8.01. The lowest BCUT2D eigenvalue weighted by molar-refractivity contribution is 0.0817. The number of carbonyl (C=O) groups is 3. The number of hydrogen-bond acceptors (Lipinski definition) is 7. The van der Waals surface area contributed by atoms with Crippen molar-refractivity contribution >= 4 is 45.7 Å². The molecule has 2 aromatic carbocycles. The summed E-state index contributed by atoms with van der Waals surface area (Å²) < 4.78 is 0.803. The maximum Gasteiger partial charge on any atom is 0.257 e. The van der Waals surface area contributed by atoms with Crippen LogP contribution in [0.4, 0.5) is 5.13 Å². The predicted octanol–water partition coefficient (Wildman–Crippen LogP) is 4.36. The third-order valence-corrected chi connectivity index (χ3v) is 5.89. The highest BCUT2D eigenvalue weighted by atomic mass is 32.2. The van der Waals surface area contributed by atoms with Crippen molar-refractivity contribution in [3.05, 3.63) is 71.3 Å². The van der Waals surface area contributed by atoms with Crippen LogP contribution < -0.4 is 5.32 Å². The van der Waals surface area contributed by atoms with Crippen LogP contribution >= 0.6 is 23.1 Å². The molecule has 0 saturated carbocycles. The summed E-state index contributed by atoms with van der Waals surface area (Å²) in [6.07, 6.45) is 1.03. The lowest BCUT2D eigenvalue weighted by Gasteiger charge is -2.04. The van der Waals surface area contributed by atoms with Crippen LogP contribution in [0, 0.1) is 0 Å². The van der Waals surface area contributed by atoms with Crippen LogP contribution in [0.2, 0.25) is 0 Å². The van der Waals surface area contributed by atoms with Crippen LogP contribution in [0.15, 0.2) is 58.9 Å². The maximum absolute atomic E-state index is 12.3. The predicted molar refractivity (Wildman–Crippen MR) is 110 cm³/mol. The summed E-state index contributed by atoms with van der Waals surface area (Å²) in [6, 6.07) is 14.3. The SMILES string of the molecule is CCCSc1nnc(NC(=O)c2ccc(C(=O)C(=O)c3ccccc3)cc2)s1. The molecule has 0 aliphatic rings. The first-order valence-electron chi connectivity index (χ1n) is 8.60. The minimum absolute atomic E-state index is 0.236. The Morgan fingerprint density at radius 2 is 1.50 bits per heavy atom. The molecule has 8 heteroatoms. The molecule has 28 heavy (non-hydrogen) atoms. The van der Waals surface area contributed by atoms with E-state index in [4.69, 9.17) is 0 Å². The van der Waals surface area contributed by atoms with E-state index in [-0.39, 0.29) is 11.5 Å². The zero-order valence-corrected chi connectivity index (χ0v) is 16.7. The lowest BCUT2D eigenvalue weighted by Crippen LogP contribution is -2.15. The van der Waals surface area contributed by atoms with Crippen LogP contribution in [0.1, 0.15) is 44.4 Å². The van der Waals surface area contributed by atoms with E-state index in [0.717, 1.165) is 16.5 Å². The minimum Gasteiger partial charge on any atom is -0.296 e. The largest absolute Gasteiger partial charge is 0.296 e. The molecule has 0 unspecified atom stereocenters. The van der Waals surface area contributed by atoms with E-state index in [1.807, 2.05) is 0 Å². The number of thioether (sulfide) groups is 1. The number of nitrogens with one attached hydrogen (secondary N) is 1. The van der Waals surface area contributed by atoms with Crippen molar-refractivity contribution in [3.63, 3.8) is 0 Å². The second-order valence-electron chi connectivity index (χ2n) is 5.78. The molecule has 1 heterocycles. The first-order valence-corrected chi connectivity index (χ1v) is 10.4. The Kier molecular flexibility index (Phi) is 6.67. The van der Waals surface area contributed by atoms with E-state index in [2.05, 4.69) is 22.4 Å². The van der Waals surface area contributed by atoms with Crippen molar-refractivity contribution < 1.29 is 14.4 Å². The molecule has 1 aromatic heterocycles. The van der Waals surface area contributed by atoms with Crippen molar-refractivity contribution in [1.82, 2.24) is 10.2 Å². The molecule has 1 amide bonds. The van der Waals surface area contributed by atoms with Crippen LogP contribution in [0.25, 0.3) is 0 Å². The molecule has 3 aromatic rings.